The van der Waals surface area contributed by atoms with Crippen LogP contribution in [0.3, 0.4) is 0 Å². The molecule has 5 rings (SSSR count). The fourth-order valence-electron chi connectivity index (χ4n) is 4.35. The highest BCUT2D eigenvalue weighted by Crippen LogP contribution is 2.40. The van der Waals surface area contributed by atoms with Gasteiger partial charge in [-0.2, -0.15) is 5.10 Å². The maximum Gasteiger partial charge on any atom is 0.132 e. The zero-order valence-electron chi connectivity index (χ0n) is 19.2. The molecule has 0 aliphatic carbocycles. The van der Waals surface area contributed by atoms with E-state index >= 15 is 0 Å². The van der Waals surface area contributed by atoms with E-state index in [2.05, 4.69) is 51.2 Å². The van der Waals surface area contributed by atoms with E-state index in [0.717, 1.165) is 54.0 Å². The maximum atomic E-state index is 6.53. The van der Waals surface area contributed by atoms with Gasteiger partial charge in [0, 0.05) is 73.6 Å². The van der Waals surface area contributed by atoms with Crippen molar-refractivity contribution < 1.29 is 0 Å². The Morgan fingerprint density at radius 3 is 2.32 bits per heavy atom. The van der Waals surface area contributed by atoms with E-state index in [1.54, 1.807) is 16.9 Å². The third kappa shape index (κ3) is 4.37. The molecular formula is C26H26Cl2N6. The van der Waals surface area contributed by atoms with Crippen LogP contribution >= 0.6 is 23.2 Å². The Balaban J connectivity index is 1.51. The van der Waals surface area contributed by atoms with Gasteiger partial charge in [-0.1, -0.05) is 47.5 Å². The van der Waals surface area contributed by atoms with E-state index in [4.69, 9.17) is 28.9 Å². The molecule has 6 nitrogen and oxygen atoms in total. The van der Waals surface area contributed by atoms with E-state index in [1.165, 1.54) is 5.69 Å². The van der Waals surface area contributed by atoms with Gasteiger partial charge in [0.15, 0.2) is 0 Å². The minimum absolute atomic E-state index is 0.413. The Morgan fingerprint density at radius 1 is 0.853 bits per heavy atom. The lowest BCUT2D eigenvalue weighted by molar-refractivity contribution is 0.313. The molecule has 0 bridgehead atoms. The van der Waals surface area contributed by atoms with E-state index in [1.807, 2.05) is 31.4 Å². The van der Waals surface area contributed by atoms with Crippen LogP contribution in [0.25, 0.3) is 33.5 Å². The molecule has 174 valence electrons. The normalized spacial score (nSPS) is 14.5. The Kier molecular flexibility index (Phi) is 6.21. The SMILES string of the molecule is CN1CCN(c2ccc(-c3cnc(N)c(-c4nn(C)cc4-c4cccc(Cl)c4Cl)c3)cc2)CC1. The number of nitrogens with zero attached hydrogens (tertiary/aromatic N) is 5. The summed E-state index contributed by atoms with van der Waals surface area (Å²) in [6.45, 7) is 4.24. The number of pyridine rings is 1. The molecule has 0 radical (unpaired) electrons. The standard InChI is InChI=1S/C26H26Cl2N6/c1-32-10-12-34(13-11-32)19-8-6-17(7-9-19)18-14-21(26(29)30-15-18)25-22(16-33(2)31-25)20-4-3-5-23(27)24(20)28/h3-9,14-16H,10-13H2,1-2H3,(H2,29,30). The van der Waals surface area contributed by atoms with Crippen LogP contribution in [-0.4, -0.2) is 52.9 Å². The topological polar surface area (TPSA) is 63.2 Å². The van der Waals surface area contributed by atoms with Crippen molar-refractivity contribution in [1.29, 1.82) is 0 Å². The van der Waals surface area contributed by atoms with Crippen molar-refractivity contribution in [3.63, 3.8) is 0 Å². The van der Waals surface area contributed by atoms with Gasteiger partial charge in [0.25, 0.3) is 0 Å². The third-order valence-electron chi connectivity index (χ3n) is 6.31. The van der Waals surface area contributed by atoms with Gasteiger partial charge in [-0.3, -0.25) is 4.68 Å². The van der Waals surface area contributed by atoms with Gasteiger partial charge in [0.2, 0.25) is 0 Å². The molecule has 3 heterocycles. The second-order valence-corrected chi connectivity index (χ2v) is 9.45. The molecule has 2 aromatic carbocycles. The summed E-state index contributed by atoms with van der Waals surface area (Å²) < 4.78 is 1.75. The van der Waals surface area contributed by atoms with Crippen LogP contribution in [-0.2, 0) is 7.05 Å². The third-order valence-corrected chi connectivity index (χ3v) is 7.13. The van der Waals surface area contributed by atoms with E-state index in [9.17, 15) is 0 Å². The summed E-state index contributed by atoms with van der Waals surface area (Å²) in [5.41, 5.74) is 12.7. The fraction of sp³-hybridized carbons (Fsp3) is 0.231. The Morgan fingerprint density at radius 2 is 1.59 bits per heavy atom. The molecule has 34 heavy (non-hydrogen) atoms. The van der Waals surface area contributed by atoms with Crippen LogP contribution < -0.4 is 10.6 Å². The minimum Gasteiger partial charge on any atom is -0.383 e. The average Bonchev–Trinajstić information content (AvgIpc) is 3.23. The molecule has 4 aromatic rings. The number of hydrogen-bond donors (Lipinski definition) is 1. The van der Waals surface area contributed by atoms with Gasteiger partial charge in [-0.25, -0.2) is 4.98 Å². The lowest BCUT2D eigenvalue weighted by Crippen LogP contribution is -2.44. The highest BCUT2D eigenvalue weighted by molar-refractivity contribution is 6.43. The van der Waals surface area contributed by atoms with Crippen molar-refractivity contribution in [2.75, 3.05) is 43.9 Å². The van der Waals surface area contributed by atoms with Crippen LogP contribution in [0.1, 0.15) is 0 Å². The summed E-state index contributed by atoms with van der Waals surface area (Å²) in [5.74, 6) is 0.413. The first-order valence-corrected chi connectivity index (χ1v) is 11.9. The van der Waals surface area contributed by atoms with Crippen molar-refractivity contribution in [2.24, 2.45) is 7.05 Å². The van der Waals surface area contributed by atoms with Crippen LogP contribution in [0.15, 0.2) is 60.9 Å². The first-order chi connectivity index (χ1) is 16.4. The summed E-state index contributed by atoms with van der Waals surface area (Å²) in [6.07, 6.45) is 3.72. The van der Waals surface area contributed by atoms with Crippen molar-refractivity contribution in [3.05, 3.63) is 71.0 Å². The molecule has 1 aliphatic rings. The molecule has 1 fully saturated rings. The first-order valence-electron chi connectivity index (χ1n) is 11.2. The van der Waals surface area contributed by atoms with Crippen molar-refractivity contribution >= 4 is 34.7 Å². The number of rotatable bonds is 4. The number of aryl methyl sites for hydroxylation is 1. The largest absolute Gasteiger partial charge is 0.383 e. The zero-order chi connectivity index (χ0) is 23.8. The highest BCUT2D eigenvalue weighted by atomic mass is 35.5. The molecule has 0 spiro atoms. The van der Waals surface area contributed by atoms with Gasteiger partial charge in [-0.05, 0) is 36.9 Å². The molecule has 1 saturated heterocycles. The van der Waals surface area contributed by atoms with Crippen LogP contribution in [0.5, 0.6) is 0 Å². The second-order valence-electron chi connectivity index (χ2n) is 8.66. The van der Waals surface area contributed by atoms with Gasteiger partial charge < -0.3 is 15.5 Å². The molecule has 0 amide bonds. The first kappa shape index (κ1) is 22.7. The van der Waals surface area contributed by atoms with Gasteiger partial charge in [-0.15, -0.1) is 0 Å². The molecule has 2 aromatic heterocycles. The summed E-state index contributed by atoms with van der Waals surface area (Å²) in [4.78, 5) is 9.27. The van der Waals surface area contributed by atoms with Gasteiger partial charge >= 0.3 is 0 Å². The monoisotopic (exact) mass is 492 g/mol. The lowest BCUT2D eigenvalue weighted by Gasteiger charge is -2.34. The summed E-state index contributed by atoms with van der Waals surface area (Å²) >= 11 is 12.8. The zero-order valence-corrected chi connectivity index (χ0v) is 20.7. The van der Waals surface area contributed by atoms with E-state index in [0.29, 0.717) is 21.6 Å². The summed E-state index contributed by atoms with van der Waals surface area (Å²) in [6, 6.07) is 16.2. The molecule has 0 unspecified atom stereocenters. The van der Waals surface area contributed by atoms with Gasteiger partial charge in [0.1, 0.15) is 11.5 Å². The van der Waals surface area contributed by atoms with Gasteiger partial charge in [0.05, 0.1) is 10.0 Å². The predicted molar refractivity (Wildman–Crippen MR) is 141 cm³/mol. The minimum atomic E-state index is 0.413. The number of hydrogen-bond acceptors (Lipinski definition) is 5. The van der Waals surface area contributed by atoms with Crippen molar-refractivity contribution in [3.8, 4) is 33.5 Å². The summed E-state index contributed by atoms with van der Waals surface area (Å²) in [7, 11) is 4.04. The smallest absolute Gasteiger partial charge is 0.132 e. The highest BCUT2D eigenvalue weighted by Gasteiger charge is 2.19. The number of halogens is 2. The number of likely N-dealkylation sites (N-methyl/N-ethyl adjacent to an activating group) is 1. The molecule has 1 aliphatic heterocycles. The Labute approximate surface area is 209 Å². The molecular weight excluding hydrogens is 467 g/mol. The number of piperazine rings is 1. The quantitative estimate of drug-likeness (QED) is 0.409. The van der Waals surface area contributed by atoms with Crippen LogP contribution in [0.2, 0.25) is 10.0 Å². The number of benzene rings is 2. The molecule has 0 atom stereocenters. The average molecular weight is 493 g/mol. The Hall–Kier alpha value is -3.06. The van der Waals surface area contributed by atoms with Crippen molar-refractivity contribution in [1.82, 2.24) is 19.7 Å². The maximum absolute atomic E-state index is 6.53. The van der Waals surface area contributed by atoms with E-state index in [-0.39, 0.29) is 0 Å². The number of nitrogens with two attached hydrogens (primary N) is 1. The number of nitrogen functional groups attached to an aromatic ring is 1. The Bertz CT molecular complexity index is 1320. The molecule has 2 N–H and O–H groups in total. The van der Waals surface area contributed by atoms with Crippen LogP contribution in [0, 0.1) is 0 Å². The number of anilines is 2. The molecule has 8 heteroatoms. The summed E-state index contributed by atoms with van der Waals surface area (Å²) in [5, 5.41) is 5.67. The predicted octanol–water partition coefficient (Wildman–Crippen LogP) is 5.46. The lowest BCUT2D eigenvalue weighted by atomic mass is 9.99. The van der Waals surface area contributed by atoms with Crippen molar-refractivity contribution in [2.45, 2.75) is 0 Å². The molecule has 0 saturated carbocycles. The van der Waals surface area contributed by atoms with Crippen LogP contribution in [0.4, 0.5) is 11.5 Å². The number of aromatic nitrogens is 3. The fourth-order valence-corrected chi connectivity index (χ4v) is 4.75. The second kappa shape index (κ2) is 9.29. The van der Waals surface area contributed by atoms with E-state index < -0.39 is 0 Å².